The molecule has 3 aromatic rings. The first-order chi connectivity index (χ1) is 13.6. The Morgan fingerprint density at radius 1 is 1.21 bits per heavy atom. The van der Waals surface area contributed by atoms with Crippen molar-refractivity contribution in [2.45, 2.75) is 18.9 Å². The highest BCUT2D eigenvalue weighted by atomic mass is 32.1. The summed E-state index contributed by atoms with van der Waals surface area (Å²) in [6.45, 7) is 1.37. The molecule has 3 atom stereocenters. The standard InChI is InChI=1S/C20H20FN5OS/c21-13-3-1-4-14(9-13)26-19(17-5-2-8-28-17)23-18(24-26)20(27)25-10-12-6-7-16(22)15(12)11-25/h1-5,8-9,12,15-16H,6-7,10-11,22H2. The SMILES string of the molecule is NC1CCC2CN(C(=O)c3nc(-c4cccs4)n(-c4cccc(F)c4)n3)CC12. The van der Waals surface area contributed by atoms with Crippen LogP contribution in [0.4, 0.5) is 4.39 Å². The van der Waals surface area contributed by atoms with Crippen LogP contribution in [0.1, 0.15) is 23.5 Å². The van der Waals surface area contributed by atoms with Crippen molar-refractivity contribution in [1.82, 2.24) is 19.7 Å². The van der Waals surface area contributed by atoms with Crippen LogP contribution in [0.25, 0.3) is 16.4 Å². The van der Waals surface area contributed by atoms with E-state index in [4.69, 9.17) is 5.73 Å². The Balaban J connectivity index is 1.51. The fourth-order valence-corrected chi connectivity index (χ4v) is 5.07. The van der Waals surface area contributed by atoms with E-state index < -0.39 is 0 Å². The lowest BCUT2D eigenvalue weighted by molar-refractivity contribution is 0.0767. The number of aromatic nitrogens is 3. The Kier molecular flexibility index (Phi) is 4.25. The van der Waals surface area contributed by atoms with Gasteiger partial charge in [-0.15, -0.1) is 16.4 Å². The molecule has 1 amide bonds. The molecule has 2 aromatic heterocycles. The summed E-state index contributed by atoms with van der Waals surface area (Å²) in [4.78, 5) is 20.3. The van der Waals surface area contributed by atoms with Crippen LogP contribution >= 0.6 is 11.3 Å². The minimum Gasteiger partial charge on any atom is -0.335 e. The van der Waals surface area contributed by atoms with Crippen LogP contribution in [0, 0.1) is 17.7 Å². The zero-order chi connectivity index (χ0) is 19.3. The van der Waals surface area contributed by atoms with Crippen LogP contribution in [0.5, 0.6) is 0 Å². The lowest BCUT2D eigenvalue weighted by Gasteiger charge is -2.16. The number of rotatable bonds is 3. The molecule has 0 radical (unpaired) electrons. The van der Waals surface area contributed by atoms with Gasteiger partial charge in [0.25, 0.3) is 5.91 Å². The van der Waals surface area contributed by atoms with Crippen molar-refractivity contribution >= 4 is 17.2 Å². The average Bonchev–Trinajstić information content (AvgIpc) is 3.46. The van der Waals surface area contributed by atoms with E-state index in [1.807, 2.05) is 22.4 Å². The van der Waals surface area contributed by atoms with E-state index in [9.17, 15) is 9.18 Å². The summed E-state index contributed by atoms with van der Waals surface area (Å²) in [5.41, 5.74) is 6.73. The lowest BCUT2D eigenvalue weighted by atomic mass is 9.98. The number of thiophene rings is 1. The number of nitrogens with two attached hydrogens (primary N) is 1. The lowest BCUT2D eigenvalue weighted by Crippen LogP contribution is -2.34. The number of hydrogen-bond acceptors (Lipinski definition) is 5. The Morgan fingerprint density at radius 2 is 2.11 bits per heavy atom. The molecule has 2 N–H and O–H groups in total. The summed E-state index contributed by atoms with van der Waals surface area (Å²) in [7, 11) is 0. The first-order valence-corrected chi connectivity index (χ1v) is 10.3. The predicted octanol–water partition coefficient (Wildman–Crippen LogP) is 2.94. The molecule has 2 fully saturated rings. The molecule has 0 bridgehead atoms. The molecule has 6 nitrogen and oxygen atoms in total. The van der Waals surface area contributed by atoms with Gasteiger partial charge in [-0.3, -0.25) is 4.79 Å². The minimum absolute atomic E-state index is 0.140. The summed E-state index contributed by atoms with van der Waals surface area (Å²) in [6.07, 6.45) is 2.10. The molecule has 1 aliphatic carbocycles. The predicted molar refractivity (Wildman–Crippen MR) is 105 cm³/mol. The van der Waals surface area contributed by atoms with E-state index in [0.717, 1.165) is 17.7 Å². The zero-order valence-corrected chi connectivity index (χ0v) is 16.0. The number of halogens is 1. The maximum absolute atomic E-state index is 13.8. The van der Waals surface area contributed by atoms with Gasteiger partial charge in [0.05, 0.1) is 10.6 Å². The molecule has 0 spiro atoms. The van der Waals surface area contributed by atoms with Gasteiger partial charge in [0.2, 0.25) is 5.82 Å². The third kappa shape index (κ3) is 2.93. The highest BCUT2D eigenvalue weighted by Gasteiger charge is 2.43. The molecule has 1 aliphatic heterocycles. The first-order valence-electron chi connectivity index (χ1n) is 9.42. The van der Waals surface area contributed by atoms with E-state index in [-0.39, 0.29) is 23.6 Å². The van der Waals surface area contributed by atoms with E-state index in [0.29, 0.717) is 36.4 Å². The van der Waals surface area contributed by atoms with Gasteiger partial charge < -0.3 is 10.6 Å². The largest absolute Gasteiger partial charge is 0.335 e. The first kappa shape index (κ1) is 17.5. The average molecular weight is 397 g/mol. The number of benzene rings is 1. The highest BCUT2D eigenvalue weighted by Crippen LogP contribution is 2.37. The summed E-state index contributed by atoms with van der Waals surface area (Å²) < 4.78 is 15.3. The third-order valence-corrected chi connectivity index (χ3v) is 6.66. The molecule has 3 unspecified atom stereocenters. The number of carbonyl (C=O) groups excluding carboxylic acids is 1. The van der Waals surface area contributed by atoms with Gasteiger partial charge >= 0.3 is 0 Å². The quantitative estimate of drug-likeness (QED) is 0.737. The van der Waals surface area contributed by atoms with Gasteiger partial charge in [-0.05, 0) is 54.3 Å². The summed E-state index contributed by atoms with van der Waals surface area (Å²) in [6, 6.07) is 10.1. The fraction of sp³-hybridized carbons (Fsp3) is 0.350. The smallest absolute Gasteiger partial charge is 0.293 e. The molecule has 28 heavy (non-hydrogen) atoms. The Labute approximate surface area is 165 Å². The van der Waals surface area contributed by atoms with Crippen molar-refractivity contribution in [3.63, 3.8) is 0 Å². The summed E-state index contributed by atoms with van der Waals surface area (Å²) >= 11 is 1.50. The molecule has 5 rings (SSSR count). The molecule has 3 heterocycles. The Hall–Kier alpha value is -2.58. The highest BCUT2D eigenvalue weighted by molar-refractivity contribution is 7.13. The number of carbonyl (C=O) groups is 1. The van der Waals surface area contributed by atoms with E-state index >= 15 is 0 Å². The van der Waals surface area contributed by atoms with E-state index in [1.54, 1.807) is 16.8 Å². The van der Waals surface area contributed by atoms with Gasteiger partial charge in [0, 0.05) is 19.1 Å². The van der Waals surface area contributed by atoms with Gasteiger partial charge in [0.15, 0.2) is 5.82 Å². The van der Waals surface area contributed by atoms with Crippen LogP contribution in [-0.4, -0.2) is 44.7 Å². The number of hydrogen-bond donors (Lipinski definition) is 1. The number of amides is 1. The Bertz CT molecular complexity index is 1020. The molecule has 8 heteroatoms. The van der Waals surface area contributed by atoms with Crippen LogP contribution in [0.3, 0.4) is 0 Å². The molecular weight excluding hydrogens is 377 g/mol. The second-order valence-corrected chi connectivity index (χ2v) is 8.45. The number of fused-ring (bicyclic) bond motifs is 1. The van der Waals surface area contributed by atoms with Crippen molar-refractivity contribution in [3.05, 3.63) is 53.4 Å². The molecule has 1 aromatic carbocycles. The van der Waals surface area contributed by atoms with Gasteiger partial charge in [-0.25, -0.2) is 14.1 Å². The molecular formula is C20H20FN5OS. The van der Waals surface area contributed by atoms with E-state index in [1.165, 1.54) is 23.5 Å². The molecule has 2 aliphatic rings. The topological polar surface area (TPSA) is 77.0 Å². The molecule has 1 saturated carbocycles. The number of nitrogens with zero attached hydrogens (tertiary/aromatic N) is 4. The van der Waals surface area contributed by atoms with Crippen LogP contribution in [-0.2, 0) is 0 Å². The van der Waals surface area contributed by atoms with Crippen molar-refractivity contribution in [3.8, 4) is 16.4 Å². The van der Waals surface area contributed by atoms with Crippen molar-refractivity contribution in [2.75, 3.05) is 13.1 Å². The van der Waals surface area contributed by atoms with Gasteiger partial charge in [-0.1, -0.05) is 12.1 Å². The van der Waals surface area contributed by atoms with Crippen LogP contribution in [0.2, 0.25) is 0 Å². The summed E-state index contributed by atoms with van der Waals surface area (Å²) in [5.74, 6) is 0.974. The second-order valence-electron chi connectivity index (χ2n) is 7.50. The molecule has 144 valence electrons. The zero-order valence-electron chi connectivity index (χ0n) is 15.2. The normalized spacial score (nSPS) is 23.9. The van der Waals surface area contributed by atoms with Crippen molar-refractivity contribution in [1.29, 1.82) is 0 Å². The van der Waals surface area contributed by atoms with Gasteiger partial charge in [0.1, 0.15) is 5.82 Å². The summed E-state index contributed by atoms with van der Waals surface area (Å²) in [5, 5.41) is 6.39. The van der Waals surface area contributed by atoms with Crippen LogP contribution in [0.15, 0.2) is 41.8 Å². The van der Waals surface area contributed by atoms with Crippen molar-refractivity contribution in [2.24, 2.45) is 17.6 Å². The fourth-order valence-electron chi connectivity index (χ4n) is 4.37. The van der Waals surface area contributed by atoms with Gasteiger partial charge in [-0.2, -0.15) is 0 Å². The minimum atomic E-state index is -0.362. The van der Waals surface area contributed by atoms with Crippen molar-refractivity contribution < 1.29 is 9.18 Å². The Morgan fingerprint density at radius 3 is 2.86 bits per heavy atom. The maximum Gasteiger partial charge on any atom is 0.293 e. The van der Waals surface area contributed by atoms with Crippen LogP contribution < -0.4 is 5.73 Å². The monoisotopic (exact) mass is 397 g/mol. The second kappa shape index (κ2) is 6.79. The third-order valence-electron chi connectivity index (χ3n) is 5.79. The molecule has 1 saturated heterocycles. The maximum atomic E-state index is 13.8. The number of likely N-dealkylation sites (tertiary alicyclic amines) is 1. The van der Waals surface area contributed by atoms with E-state index in [2.05, 4.69) is 10.1 Å².